The molecule has 11 nitrogen and oxygen atoms in total. The van der Waals surface area contributed by atoms with Gasteiger partial charge in [0.1, 0.15) is 11.8 Å². The number of esters is 1. The number of amides is 1. The van der Waals surface area contributed by atoms with E-state index < -0.39 is 12.0 Å². The lowest BCUT2D eigenvalue weighted by Crippen LogP contribution is -2.43. The number of nitrogens with zero attached hydrogens (tertiary/aromatic N) is 3. The zero-order valence-corrected chi connectivity index (χ0v) is 27.4. The first-order valence-corrected chi connectivity index (χ1v) is 16.3. The Morgan fingerprint density at radius 3 is 2.52 bits per heavy atom. The van der Waals surface area contributed by atoms with Crippen LogP contribution in [0.3, 0.4) is 0 Å². The average molecular weight is 650 g/mol. The summed E-state index contributed by atoms with van der Waals surface area (Å²) in [6, 6.07) is 11.9. The molecule has 12 heteroatoms. The number of para-hydroxylation sites is 1. The quantitative estimate of drug-likeness (QED) is 0.275. The highest BCUT2D eigenvalue weighted by atomic mass is 32.1. The number of carbonyl (C=O) groups is 2. The summed E-state index contributed by atoms with van der Waals surface area (Å²) in [6.07, 6.45) is 3.06. The topological polar surface area (TPSA) is 118 Å². The van der Waals surface area contributed by atoms with E-state index in [4.69, 9.17) is 28.7 Å². The molecule has 0 saturated carbocycles. The van der Waals surface area contributed by atoms with Crippen LogP contribution in [0.25, 0.3) is 6.08 Å². The lowest BCUT2D eigenvalue weighted by Gasteiger charge is -2.26. The fourth-order valence-electron chi connectivity index (χ4n) is 5.50. The van der Waals surface area contributed by atoms with Gasteiger partial charge in [-0.1, -0.05) is 48.9 Å². The molecule has 1 amide bonds. The van der Waals surface area contributed by atoms with Gasteiger partial charge in [-0.25, -0.2) is 9.79 Å². The Morgan fingerprint density at radius 1 is 1.02 bits per heavy atom. The molecule has 1 atom stereocenters. The molecule has 46 heavy (non-hydrogen) atoms. The molecule has 3 heterocycles. The number of carbonyl (C=O) groups excluding carboxylic acids is 2. The second-order valence-corrected chi connectivity index (χ2v) is 11.6. The van der Waals surface area contributed by atoms with Gasteiger partial charge in [0, 0.05) is 18.7 Å². The van der Waals surface area contributed by atoms with Crippen LogP contribution >= 0.6 is 11.3 Å². The second-order valence-electron chi connectivity index (χ2n) is 10.6. The van der Waals surface area contributed by atoms with Crippen molar-refractivity contribution in [3.05, 3.63) is 84.5 Å². The van der Waals surface area contributed by atoms with E-state index in [1.807, 2.05) is 32.0 Å². The molecule has 0 aliphatic carbocycles. The Kier molecular flexibility index (Phi) is 10.9. The summed E-state index contributed by atoms with van der Waals surface area (Å²) in [5, 5.41) is 0. The predicted octanol–water partition coefficient (Wildman–Crippen LogP) is 3.22. The van der Waals surface area contributed by atoms with Gasteiger partial charge in [-0.3, -0.25) is 14.2 Å². The third kappa shape index (κ3) is 7.02. The summed E-state index contributed by atoms with van der Waals surface area (Å²) in [7, 11) is 1.56. The lowest BCUT2D eigenvalue weighted by atomic mass is 9.93. The molecule has 244 valence electrons. The van der Waals surface area contributed by atoms with Gasteiger partial charge in [-0.15, -0.1) is 0 Å². The monoisotopic (exact) mass is 649 g/mol. The molecule has 5 rings (SSSR count). The third-order valence-electron chi connectivity index (χ3n) is 7.61. The summed E-state index contributed by atoms with van der Waals surface area (Å²) in [6.45, 7) is 8.18. The molecule has 2 aliphatic rings. The van der Waals surface area contributed by atoms with Crippen molar-refractivity contribution in [2.45, 2.75) is 39.7 Å². The predicted molar refractivity (Wildman–Crippen MR) is 173 cm³/mol. The largest absolute Gasteiger partial charge is 0.496 e. The highest BCUT2D eigenvalue weighted by molar-refractivity contribution is 7.07. The number of thiazole rings is 1. The van der Waals surface area contributed by atoms with Gasteiger partial charge >= 0.3 is 5.97 Å². The number of ether oxygens (including phenoxy) is 5. The first kappa shape index (κ1) is 33.0. The molecule has 0 bridgehead atoms. The van der Waals surface area contributed by atoms with Gasteiger partial charge in [0.2, 0.25) is 0 Å². The van der Waals surface area contributed by atoms with Gasteiger partial charge in [0.25, 0.3) is 11.5 Å². The Hall–Kier alpha value is -4.42. The number of benzene rings is 2. The van der Waals surface area contributed by atoms with Gasteiger partial charge in [-0.2, -0.15) is 0 Å². The van der Waals surface area contributed by atoms with Crippen molar-refractivity contribution in [2.24, 2.45) is 4.99 Å². The van der Waals surface area contributed by atoms with Crippen LogP contribution in [0.5, 0.6) is 17.2 Å². The van der Waals surface area contributed by atoms with Crippen LogP contribution in [0.2, 0.25) is 0 Å². The number of morpholine rings is 1. The van der Waals surface area contributed by atoms with Gasteiger partial charge in [-0.05, 0) is 50.1 Å². The van der Waals surface area contributed by atoms with Crippen molar-refractivity contribution in [1.29, 1.82) is 0 Å². The van der Waals surface area contributed by atoms with E-state index in [-0.39, 0.29) is 24.7 Å². The van der Waals surface area contributed by atoms with Crippen LogP contribution in [0.4, 0.5) is 0 Å². The second kappa shape index (κ2) is 15.2. The van der Waals surface area contributed by atoms with E-state index in [0.29, 0.717) is 88.3 Å². The molecule has 1 fully saturated rings. The first-order valence-electron chi connectivity index (χ1n) is 15.5. The molecule has 0 radical (unpaired) electrons. The summed E-state index contributed by atoms with van der Waals surface area (Å²) >= 11 is 1.25. The van der Waals surface area contributed by atoms with E-state index in [1.54, 1.807) is 53.8 Å². The van der Waals surface area contributed by atoms with Crippen LogP contribution < -0.4 is 29.1 Å². The van der Waals surface area contributed by atoms with E-state index in [9.17, 15) is 14.4 Å². The number of fused-ring (bicyclic) bond motifs is 1. The minimum absolute atomic E-state index is 0.120. The maximum Gasteiger partial charge on any atom is 0.338 e. The van der Waals surface area contributed by atoms with Crippen LogP contribution in [-0.4, -0.2) is 74.6 Å². The van der Waals surface area contributed by atoms with Crippen LogP contribution in [0.15, 0.2) is 63.5 Å². The fraction of sp³-hybridized carbons (Fsp3) is 0.412. The molecule has 1 saturated heterocycles. The van der Waals surface area contributed by atoms with Gasteiger partial charge in [0.05, 0.1) is 49.3 Å². The Balaban J connectivity index is 1.56. The molecule has 0 unspecified atom stereocenters. The van der Waals surface area contributed by atoms with E-state index >= 15 is 0 Å². The number of allylic oxidation sites excluding steroid dienone is 1. The zero-order valence-electron chi connectivity index (χ0n) is 26.6. The van der Waals surface area contributed by atoms with Crippen molar-refractivity contribution in [3.63, 3.8) is 0 Å². The lowest BCUT2D eigenvalue weighted by molar-refractivity contribution is -0.139. The van der Waals surface area contributed by atoms with Crippen LogP contribution in [-0.2, 0) is 19.1 Å². The number of hydrogen-bond acceptors (Lipinski definition) is 10. The molecular weight excluding hydrogens is 610 g/mol. The zero-order chi connectivity index (χ0) is 32.6. The number of aromatic nitrogens is 1. The third-order valence-corrected chi connectivity index (χ3v) is 8.59. The SMILES string of the molecule is CCCC1=C(C(=O)OCC)[C@H](c2ccccc2OC)n2c(s/c(=C/c3ccc(OCC(=O)N4CCOCC4)c(OCC)c3)c2=O)=N1. The maximum absolute atomic E-state index is 14.2. The summed E-state index contributed by atoms with van der Waals surface area (Å²) < 4.78 is 30.2. The Labute approximate surface area is 271 Å². The van der Waals surface area contributed by atoms with Crippen LogP contribution in [0, 0.1) is 0 Å². The first-order chi connectivity index (χ1) is 22.4. The normalized spacial score (nSPS) is 16.5. The Morgan fingerprint density at radius 2 is 1.80 bits per heavy atom. The molecular formula is C34H39N3O8S. The average Bonchev–Trinajstić information content (AvgIpc) is 3.38. The van der Waals surface area contributed by atoms with E-state index in [2.05, 4.69) is 0 Å². The summed E-state index contributed by atoms with van der Waals surface area (Å²) in [5.41, 5.74) is 1.99. The summed E-state index contributed by atoms with van der Waals surface area (Å²) in [4.78, 5) is 47.3. The molecule has 0 N–H and O–H groups in total. The minimum atomic E-state index is -0.783. The van der Waals surface area contributed by atoms with Crippen molar-refractivity contribution >= 4 is 29.3 Å². The molecule has 2 aromatic carbocycles. The molecule has 2 aliphatic heterocycles. The number of methoxy groups -OCH3 is 1. The Bertz CT molecular complexity index is 1790. The van der Waals surface area contributed by atoms with E-state index in [1.165, 1.54) is 11.3 Å². The molecule has 1 aromatic heterocycles. The number of rotatable bonds is 12. The van der Waals surface area contributed by atoms with Crippen molar-refractivity contribution in [3.8, 4) is 17.2 Å². The summed E-state index contributed by atoms with van der Waals surface area (Å²) in [5.74, 6) is 0.807. The highest BCUT2D eigenvalue weighted by Gasteiger charge is 2.35. The smallest absolute Gasteiger partial charge is 0.338 e. The number of hydrogen-bond donors (Lipinski definition) is 0. The van der Waals surface area contributed by atoms with Crippen molar-refractivity contribution in [1.82, 2.24) is 9.47 Å². The maximum atomic E-state index is 14.2. The minimum Gasteiger partial charge on any atom is -0.496 e. The van der Waals surface area contributed by atoms with Crippen LogP contribution in [0.1, 0.15) is 50.8 Å². The van der Waals surface area contributed by atoms with E-state index in [0.717, 1.165) is 6.42 Å². The standard InChI is InChI=1S/C34H39N3O8S/c1-5-10-24-30(33(40)44-7-3)31(23-11-8-9-12-25(23)41-4)37-32(39)28(46-34(37)35-24)20-22-13-14-26(27(19-22)43-6-2)45-21-29(38)36-15-17-42-18-16-36/h8-9,11-14,19-20,31H,5-7,10,15-18,21H2,1-4H3/b28-20+/t31-/m0/s1. The molecule has 0 spiro atoms. The van der Waals surface area contributed by atoms with Crippen molar-refractivity contribution in [2.75, 3.05) is 53.2 Å². The van der Waals surface area contributed by atoms with Gasteiger partial charge in [0.15, 0.2) is 22.9 Å². The van der Waals surface area contributed by atoms with Crippen molar-refractivity contribution < 1.29 is 33.3 Å². The fourth-order valence-corrected chi connectivity index (χ4v) is 6.52. The van der Waals surface area contributed by atoms with Gasteiger partial charge < -0.3 is 28.6 Å². The highest BCUT2D eigenvalue weighted by Crippen LogP contribution is 2.37. The molecule has 3 aromatic rings.